The van der Waals surface area contributed by atoms with E-state index >= 15 is 0 Å². The van der Waals surface area contributed by atoms with Gasteiger partial charge in [0.05, 0.1) is 18.3 Å². The van der Waals surface area contributed by atoms with Gasteiger partial charge in [-0.05, 0) is 70.1 Å². The molecule has 7 unspecified atom stereocenters. The number of aliphatic hydroxyl groups is 1. The summed E-state index contributed by atoms with van der Waals surface area (Å²) in [7, 11) is 0. The molecule has 4 rings (SSSR count). The molecule has 0 aromatic heterocycles. The first-order valence-corrected chi connectivity index (χ1v) is 10.1. The van der Waals surface area contributed by atoms with E-state index in [2.05, 4.69) is 25.7 Å². The van der Waals surface area contributed by atoms with Crippen LogP contribution in [0, 0.1) is 17.8 Å². The maximum atomic E-state index is 11.0. The highest BCUT2D eigenvalue weighted by molar-refractivity contribution is 5.01. The van der Waals surface area contributed by atoms with Gasteiger partial charge in [0, 0.05) is 18.1 Å². The van der Waals surface area contributed by atoms with Crippen LogP contribution in [0.5, 0.6) is 0 Å². The number of epoxide rings is 1. The molecule has 2 aliphatic heterocycles. The number of aliphatic hydroxyl groups excluding tert-OH is 1. The molecular formula is C20H35NO2. The van der Waals surface area contributed by atoms with Crippen molar-refractivity contribution in [2.24, 2.45) is 17.8 Å². The van der Waals surface area contributed by atoms with E-state index in [1.807, 2.05) is 0 Å². The van der Waals surface area contributed by atoms with Crippen molar-refractivity contribution in [1.82, 2.24) is 4.90 Å². The minimum atomic E-state index is -0.171. The number of ether oxygens (including phenoxy) is 1. The number of hydrogen-bond acceptors (Lipinski definition) is 3. The van der Waals surface area contributed by atoms with E-state index in [-0.39, 0.29) is 11.6 Å². The molecule has 2 saturated carbocycles. The lowest BCUT2D eigenvalue weighted by Gasteiger charge is -2.56. The Morgan fingerprint density at radius 1 is 1.13 bits per heavy atom. The molecule has 0 aromatic carbocycles. The average Bonchev–Trinajstić information content (AvgIpc) is 3.29. The highest BCUT2D eigenvalue weighted by Gasteiger charge is 2.49. The summed E-state index contributed by atoms with van der Waals surface area (Å²) in [4.78, 5) is 2.71. The first-order valence-electron chi connectivity index (χ1n) is 10.1. The van der Waals surface area contributed by atoms with Crippen LogP contribution in [0.2, 0.25) is 0 Å². The molecule has 4 aliphatic rings. The lowest BCUT2D eigenvalue weighted by molar-refractivity contribution is -0.0863. The number of likely N-dealkylation sites (tertiary alicyclic amines) is 1. The fourth-order valence-electron chi connectivity index (χ4n) is 6.21. The Balaban J connectivity index is 1.46. The quantitative estimate of drug-likeness (QED) is 0.807. The predicted molar refractivity (Wildman–Crippen MR) is 92.3 cm³/mol. The SMILES string of the molecule is CC1CC(C)(C)N(CC(O)C2CCC3OC3C2)C2CCCCC12. The van der Waals surface area contributed by atoms with Crippen LogP contribution in [0.3, 0.4) is 0 Å². The van der Waals surface area contributed by atoms with Gasteiger partial charge in [-0.25, -0.2) is 0 Å². The summed E-state index contributed by atoms with van der Waals surface area (Å²) in [6.07, 6.45) is 11.0. The maximum Gasteiger partial charge on any atom is 0.0845 e. The van der Waals surface area contributed by atoms with E-state index in [1.165, 1.54) is 38.5 Å². The molecule has 132 valence electrons. The van der Waals surface area contributed by atoms with Gasteiger partial charge in [-0.1, -0.05) is 19.8 Å². The molecule has 0 aromatic rings. The van der Waals surface area contributed by atoms with E-state index in [1.54, 1.807) is 0 Å². The average molecular weight is 322 g/mol. The minimum absolute atomic E-state index is 0.171. The number of β-amino-alcohol motifs (C(OH)–C–C–N with tert-alkyl or cyclic N) is 1. The Morgan fingerprint density at radius 2 is 1.91 bits per heavy atom. The smallest absolute Gasteiger partial charge is 0.0845 e. The molecule has 1 N–H and O–H groups in total. The van der Waals surface area contributed by atoms with Gasteiger partial charge >= 0.3 is 0 Å². The second kappa shape index (κ2) is 6.00. The Morgan fingerprint density at radius 3 is 2.70 bits per heavy atom. The summed E-state index contributed by atoms with van der Waals surface area (Å²) in [6, 6.07) is 0.700. The first kappa shape index (κ1) is 16.4. The highest BCUT2D eigenvalue weighted by Crippen LogP contribution is 2.46. The third-order valence-electron chi connectivity index (χ3n) is 7.48. The summed E-state index contributed by atoms with van der Waals surface area (Å²) in [6.45, 7) is 8.15. The molecule has 2 aliphatic carbocycles. The van der Waals surface area contributed by atoms with Crippen LogP contribution in [0.15, 0.2) is 0 Å². The standard InChI is InChI=1S/C20H35NO2/c1-13-11-20(2,3)21(16-7-5-4-6-15(13)16)12-17(22)14-8-9-18-19(10-14)23-18/h13-19,22H,4-12H2,1-3H3. The lowest BCUT2D eigenvalue weighted by Crippen LogP contribution is -2.62. The zero-order valence-electron chi connectivity index (χ0n) is 15.2. The van der Waals surface area contributed by atoms with Crippen LogP contribution < -0.4 is 0 Å². The van der Waals surface area contributed by atoms with Crippen LogP contribution in [-0.2, 0) is 4.74 Å². The van der Waals surface area contributed by atoms with Gasteiger partial charge in [0.25, 0.3) is 0 Å². The Hall–Kier alpha value is -0.120. The molecule has 2 heterocycles. The number of piperidine rings is 1. The molecule has 0 amide bonds. The topological polar surface area (TPSA) is 36.0 Å². The van der Waals surface area contributed by atoms with Crippen molar-refractivity contribution >= 4 is 0 Å². The molecule has 0 spiro atoms. The maximum absolute atomic E-state index is 11.0. The first-order chi connectivity index (χ1) is 11.0. The summed E-state index contributed by atoms with van der Waals surface area (Å²) in [5, 5.41) is 11.0. The third-order valence-corrected chi connectivity index (χ3v) is 7.48. The number of hydrogen-bond donors (Lipinski definition) is 1. The Labute approximate surface area is 141 Å². The largest absolute Gasteiger partial charge is 0.392 e. The van der Waals surface area contributed by atoms with E-state index in [9.17, 15) is 5.11 Å². The van der Waals surface area contributed by atoms with E-state index in [0.717, 1.165) is 31.2 Å². The van der Waals surface area contributed by atoms with Gasteiger partial charge in [0.1, 0.15) is 0 Å². The fraction of sp³-hybridized carbons (Fsp3) is 1.00. The molecular weight excluding hydrogens is 286 g/mol. The van der Waals surface area contributed by atoms with E-state index < -0.39 is 0 Å². The van der Waals surface area contributed by atoms with Crippen LogP contribution in [0.25, 0.3) is 0 Å². The number of fused-ring (bicyclic) bond motifs is 2. The van der Waals surface area contributed by atoms with Crippen LogP contribution in [0.1, 0.15) is 72.1 Å². The van der Waals surface area contributed by atoms with Crippen molar-refractivity contribution < 1.29 is 9.84 Å². The molecule has 4 fully saturated rings. The zero-order valence-corrected chi connectivity index (χ0v) is 15.2. The summed E-state index contributed by atoms with van der Waals surface area (Å²) >= 11 is 0. The second-order valence-corrected chi connectivity index (χ2v) is 9.52. The van der Waals surface area contributed by atoms with Crippen molar-refractivity contribution in [3.8, 4) is 0 Å². The van der Waals surface area contributed by atoms with Gasteiger partial charge < -0.3 is 9.84 Å². The van der Waals surface area contributed by atoms with E-state index in [4.69, 9.17) is 4.74 Å². The van der Waals surface area contributed by atoms with Crippen molar-refractivity contribution in [2.75, 3.05) is 6.54 Å². The van der Waals surface area contributed by atoms with Gasteiger partial charge in [0.2, 0.25) is 0 Å². The van der Waals surface area contributed by atoms with Gasteiger partial charge in [0.15, 0.2) is 0 Å². The number of nitrogens with zero attached hydrogens (tertiary/aromatic N) is 1. The predicted octanol–water partition coefficient (Wildman–Crippen LogP) is 3.59. The van der Waals surface area contributed by atoms with Crippen molar-refractivity contribution in [3.63, 3.8) is 0 Å². The van der Waals surface area contributed by atoms with Crippen molar-refractivity contribution in [1.29, 1.82) is 0 Å². The highest BCUT2D eigenvalue weighted by atomic mass is 16.6. The minimum Gasteiger partial charge on any atom is -0.392 e. The molecule has 0 radical (unpaired) electrons. The monoisotopic (exact) mass is 321 g/mol. The molecule has 3 nitrogen and oxygen atoms in total. The molecule has 0 bridgehead atoms. The molecule has 23 heavy (non-hydrogen) atoms. The van der Waals surface area contributed by atoms with Crippen LogP contribution in [0.4, 0.5) is 0 Å². The van der Waals surface area contributed by atoms with E-state index in [0.29, 0.717) is 24.2 Å². The Bertz CT molecular complexity index is 437. The molecule has 2 saturated heterocycles. The molecule has 3 heteroatoms. The van der Waals surface area contributed by atoms with Gasteiger partial charge in [-0.2, -0.15) is 0 Å². The number of rotatable bonds is 3. The van der Waals surface area contributed by atoms with Crippen molar-refractivity contribution in [2.45, 2.75) is 102 Å². The lowest BCUT2D eigenvalue weighted by atomic mass is 9.67. The Kier molecular flexibility index (Phi) is 4.26. The van der Waals surface area contributed by atoms with Gasteiger partial charge in [-0.15, -0.1) is 0 Å². The third kappa shape index (κ3) is 3.09. The normalized spacial score (nSPS) is 47.5. The van der Waals surface area contributed by atoms with Crippen LogP contribution >= 0.6 is 0 Å². The van der Waals surface area contributed by atoms with Gasteiger partial charge in [-0.3, -0.25) is 4.90 Å². The fourth-order valence-corrected chi connectivity index (χ4v) is 6.21. The van der Waals surface area contributed by atoms with Crippen LogP contribution in [-0.4, -0.2) is 46.4 Å². The van der Waals surface area contributed by atoms with Crippen molar-refractivity contribution in [3.05, 3.63) is 0 Å². The summed E-state index contributed by atoms with van der Waals surface area (Å²) < 4.78 is 5.66. The second-order valence-electron chi connectivity index (χ2n) is 9.52. The summed E-state index contributed by atoms with van der Waals surface area (Å²) in [5.41, 5.74) is 0.228. The molecule has 7 atom stereocenters. The summed E-state index contributed by atoms with van der Waals surface area (Å²) in [5.74, 6) is 2.14. The zero-order chi connectivity index (χ0) is 16.2.